The highest BCUT2D eigenvalue weighted by atomic mass is 16.6. The van der Waals surface area contributed by atoms with Gasteiger partial charge in [-0.3, -0.25) is 4.79 Å². The maximum absolute atomic E-state index is 13.5. The summed E-state index contributed by atoms with van der Waals surface area (Å²) in [5, 5.41) is 11.9. The first kappa shape index (κ1) is 26.9. The maximum Gasteiger partial charge on any atom is 0.343 e. The number of carbonyl (C=O) groups is 2. The van der Waals surface area contributed by atoms with Crippen LogP contribution in [-0.4, -0.2) is 59.6 Å². The third kappa shape index (κ3) is 4.71. The molecule has 11 nitrogen and oxygen atoms in total. The van der Waals surface area contributed by atoms with Crippen molar-refractivity contribution < 1.29 is 33.6 Å². The van der Waals surface area contributed by atoms with Gasteiger partial charge in [0.2, 0.25) is 0 Å². The van der Waals surface area contributed by atoms with Crippen LogP contribution in [0.4, 0.5) is 0 Å². The van der Waals surface area contributed by atoms with E-state index in [9.17, 15) is 19.5 Å². The predicted molar refractivity (Wildman–Crippen MR) is 140 cm³/mol. The molecule has 3 aromatic rings. The molecule has 0 saturated heterocycles. The summed E-state index contributed by atoms with van der Waals surface area (Å²) in [4.78, 5) is 43.0. The van der Waals surface area contributed by atoms with Crippen LogP contribution in [-0.2, 0) is 49.0 Å². The molecule has 0 spiro atoms. The average molecular weight is 538 g/mol. The minimum Gasteiger partial charge on any atom is -0.458 e. The lowest BCUT2D eigenvalue weighted by Gasteiger charge is -2.31. The number of fused-ring (bicyclic) bond motifs is 5. The Morgan fingerprint density at radius 2 is 1.95 bits per heavy atom. The largest absolute Gasteiger partial charge is 0.458 e. The summed E-state index contributed by atoms with van der Waals surface area (Å²) in [5.41, 5.74) is 7.42. The standard InChI is InChI=1S/C28H31N3O8/c1-3-17-18-11-16(39-24(32)15-37-10-9-36-8-7-29)5-6-22(18)30-25-19(17)13-31-23(25)12-21-20(26(31)33)14-38-27(34)28(21,35)4-2/h5-6,11-12,35H,3-4,7-10,13-15,29H2,1-2H3/t28-/m0/s1. The summed E-state index contributed by atoms with van der Waals surface area (Å²) < 4.78 is 22.7. The summed E-state index contributed by atoms with van der Waals surface area (Å²) in [6, 6.07) is 6.88. The van der Waals surface area contributed by atoms with Gasteiger partial charge in [-0.2, -0.15) is 0 Å². The average Bonchev–Trinajstić information content (AvgIpc) is 3.30. The van der Waals surface area contributed by atoms with E-state index in [1.54, 1.807) is 35.8 Å². The van der Waals surface area contributed by atoms with E-state index in [0.717, 1.165) is 16.5 Å². The van der Waals surface area contributed by atoms with Crippen molar-refractivity contribution in [2.45, 2.75) is 45.4 Å². The van der Waals surface area contributed by atoms with Crippen molar-refractivity contribution in [3.05, 3.63) is 56.9 Å². The van der Waals surface area contributed by atoms with Crippen molar-refractivity contribution in [1.82, 2.24) is 9.55 Å². The molecule has 1 aromatic carbocycles. The molecule has 0 aliphatic carbocycles. The lowest BCUT2D eigenvalue weighted by Crippen LogP contribution is -2.44. The molecule has 39 heavy (non-hydrogen) atoms. The second-order valence-corrected chi connectivity index (χ2v) is 9.48. The number of hydrogen-bond acceptors (Lipinski definition) is 10. The Morgan fingerprint density at radius 1 is 1.15 bits per heavy atom. The Hall–Kier alpha value is -3.64. The molecule has 0 amide bonds. The Kier molecular flexibility index (Phi) is 7.50. The fourth-order valence-corrected chi connectivity index (χ4v) is 5.23. The molecule has 1 atom stereocenters. The number of pyridine rings is 2. The first-order chi connectivity index (χ1) is 18.8. The molecule has 2 aliphatic heterocycles. The van der Waals surface area contributed by atoms with E-state index in [-0.39, 0.29) is 42.9 Å². The highest BCUT2D eigenvalue weighted by Crippen LogP contribution is 2.40. The van der Waals surface area contributed by atoms with E-state index in [4.69, 9.17) is 29.7 Å². The summed E-state index contributed by atoms with van der Waals surface area (Å²) in [6.45, 7) is 5.02. The second-order valence-electron chi connectivity index (χ2n) is 9.48. The monoisotopic (exact) mass is 537 g/mol. The summed E-state index contributed by atoms with van der Waals surface area (Å²) in [7, 11) is 0. The van der Waals surface area contributed by atoms with Crippen LogP contribution >= 0.6 is 0 Å². The second kappa shape index (κ2) is 10.9. The summed E-state index contributed by atoms with van der Waals surface area (Å²) in [5.74, 6) is -0.933. The van der Waals surface area contributed by atoms with Gasteiger partial charge in [-0.15, -0.1) is 0 Å². The van der Waals surface area contributed by atoms with E-state index in [2.05, 4.69) is 0 Å². The first-order valence-corrected chi connectivity index (χ1v) is 13.0. The van der Waals surface area contributed by atoms with Crippen molar-refractivity contribution in [2.24, 2.45) is 5.73 Å². The third-order valence-electron chi connectivity index (χ3n) is 7.22. The Balaban J connectivity index is 1.46. The number of rotatable bonds is 10. The van der Waals surface area contributed by atoms with Crippen LogP contribution in [0.2, 0.25) is 0 Å². The number of cyclic esters (lactones) is 1. The van der Waals surface area contributed by atoms with E-state index in [0.29, 0.717) is 55.4 Å². The topological polar surface area (TPSA) is 152 Å². The van der Waals surface area contributed by atoms with Gasteiger partial charge in [-0.05, 0) is 42.7 Å². The quantitative estimate of drug-likeness (QED) is 0.173. The van der Waals surface area contributed by atoms with Crippen molar-refractivity contribution in [3.8, 4) is 17.1 Å². The summed E-state index contributed by atoms with van der Waals surface area (Å²) in [6.07, 6.45) is 0.724. The van der Waals surface area contributed by atoms with Gasteiger partial charge in [0.05, 0.1) is 48.8 Å². The van der Waals surface area contributed by atoms with Gasteiger partial charge >= 0.3 is 11.9 Å². The van der Waals surface area contributed by atoms with Gasteiger partial charge in [0.1, 0.15) is 19.0 Å². The first-order valence-electron chi connectivity index (χ1n) is 13.0. The van der Waals surface area contributed by atoms with Crippen LogP contribution in [0.25, 0.3) is 22.3 Å². The van der Waals surface area contributed by atoms with Crippen LogP contribution in [0.3, 0.4) is 0 Å². The number of esters is 2. The fraction of sp³-hybridized carbons (Fsp3) is 0.429. The van der Waals surface area contributed by atoms with Gasteiger partial charge in [-0.1, -0.05) is 13.8 Å². The molecule has 0 fully saturated rings. The number of benzene rings is 1. The highest BCUT2D eigenvalue weighted by molar-refractivity contribution is 5.90. The fourth-order valence-electron chi connectivity index (χ4n) is 5.23. The normalized spacial score (nSPS) is 17.5. The Morgan fingerprint density at radius 3 is 2.69 bits per heavy atom. The zero-order valence-electron chi connectivity index (χ0n) is 22.0. The van der Waals surface area contributed by atoms with Crippen molar-refractivity contribution in [1.29, 1.82) is 0 Å². The number of carbonyl (C=O) groups excluding carboxylic acids is 2. The SMILES string of the molecule is CCc1c2c(nc3ccc(OC(=O)COCCOCCN)cc13)-c1cc3c(c(=O)n1C2)COC(=O)[C@]3(O)CC. The summed E-state index contributed by atoms with van der Waals surface area (Å²) >= 11 is 0. The molecule has 2 aliphatic rings. The number of aliphatic hydroxyl groups is 1. The lowest BCUT2D eigenvalue weighted by atomic mass is 9.86. The molecule has 0 radical (unpaired) electrons. The molecule has 206 valence electrons. The van der Waals surface area contributed by atoms with Crippen LogP contribution in [0.5, 0.6) is 5.75 Å². The highest BCUT2D eigenvalue weighted by Gasteiger charge is 2.45. The molecule has 0 bridgehead atoms. The molecule has 2 aromatic heterocycles. The van der Waals surface area contributed by atoms with Gasteiger partial charge < -0.3 is 34.4 Å². The smallest absolute Gasteiger partial charge is 0.343 e. The number of hydrogen-bond donors (Lipinski definition) is 2. The van der Waals surface area contributed by atoms with Gasteiger partial charge in [0.25, 0.3) is 5.56 Å². The number of nitrogens with zero attached hydrogens (tertiary/aromatic N) is 2. The van der Waals surface area contributed by atoms with Crippen LogP contribution in [0.15, 0.2) is 29.1 Å². The Bertz CT molecular complexity index is 1520. The zero-order chi connectivity index (χ0) is 27.7. The number of nitrogens with two attached hydrogens (primary N) is 1. The molecule has 0 saturated carbocycles. The van der Waals surface area contributed by atoms with Crippen molar-refractivity contribution in [2.75, 3.05) is 33.0 Å². The lowest BCUT2D eigenvalue weighted by molar-refractivity contribution is -0.172. The van der Waals surface area contributed by atoms with E-state index in [1.807, 2.05) is 6.92 Å². The predicted octanol–water partition coefficient (Wildman–Crippen LogP) is 1.54. The molecule has 11 heteroatoms. The molecular formula is C28H31N3O8. The van der Waals surface area contributed by atoms with Crippen molar-refractivity contribution >= 4 is 22.8 Å². The van der Waals surface area contributed by atoms with E-state index in [1.165, 1.54) is 0 Å². The number of aromatic nitrogens is 2. The molecule has 5 rings (SSSR count). The maximum atomic E-state index is 13.5. The van der Waals surface area contributed by atoms with Crippen LogP contribution in [0.1, 0.15) is 42.5 Å². The van der Waals surface area contributed by atoms with Crippen LogP contribution in [0, 0.1) is 0 Å². The minimum atomic E-state index is -1.88. The third-order valence-corrected chi connectivity index (χ3v) is 7.22. The van der Waals surface area contributed by atoms with Gasteiger partial charge in [0, 0.05) is 23.1 Å². The number of ether oxygens (including phenoxy) is 4. The van der Waals surface area contributed by atoms with Crippen LogP contribution < -0.4 is 16.0 Å². The van der Waals surface area contributed by atoms with E-state index >= 15 is 0 Å². The molecular weight excluding hydrogens is 506 g/mol. The van der Waals surface area contributed by atoms with Gasteiger partial charge in [0.15, 0.2) is 5.60 Å². The van der Waals surface area contributed by atoms with Gasteiger partial charge in [-0.25, -0.2) is 14.6 Å². The molecule has 4 heterocycles. The minimum absolute atomic E-state index is 0.0779. The van der Waals surface area contributed by atoms with E-state index < -0.39 is 17.5 Å². The number of aryl methyl sites for hydroxylation is 1. The zero-order valence-corrected chi connectivity index (χ0v) is 22.0. The van der Waals surface area contributed by atoms with Crippen molar-refractivity contribution in [3.63, 3.8) is 0 Å². The molecule has 3 N–H and O–H groups in total. The molecule has 0 unspecified atom stereocenters. The Labute approximate surface area is 224 Å².